The number of carboxylic acids is 1. The van der Waals surface area contributed by atoms with Crippen molar-refractivity contribution in [2.45, 2.75) is 59.1 Å². The van der Waals surface area contributed by atoms with Gasteiger partial charge in [0.25, 0.3) is 0 Å². The van der Waals surface area contributed by atoms with Crippen molar-refractivity contribution >= 4 is 11.9 Å². The monoisotopic (exact) mass is 333 g/mol. The van der Waals surface area contributed by atoms with E-state index >= 15 is 0 Å². The number of carboxylic acid groups (broad SMARTS) is 1. The van der Waals surface area contributed by atoms with Gasteiger partial charge in [-0.3, -0.25) is 9.59 Å². The summed E-state index contributed by atoms with van der Waals surface area (Å²) in [6, 6.07) is 5.96. The Balaban J connectivity index is 1.96. The third-order valence-electron chi connectivity index (χ3n) is 4.73. The fourth-order valence-electron chi connectivity index (χ4n) is 2.99. The molecule has 1 aromatic rings. The van der Waals surface area contributed by atoms with E-state index in [1.807, 2.05) is 32.0 Å². The molecule has 0 saturated heterocycles. The van der Waals surface area contributed by atoms with E-state index in [1.165, 1.54) is 0 Å². The van der Waals surface area contributed by atoms with Gasteiger partial charge in [-0.1, -0.05) is 19.1 Å². The van der Waals surface area contributed by atoms with Gasteiger partial charge < -0.3 is 15.2 Å². The van der Waals surface area contributed by atoms with Crippen molar-refractivity contribution in [2.24, 2.45) is 11.8 Å². The molecule has 0 aromatic heterocycles. The highest BCUT2D eigenvalue weighted by Gasteiger charge is 2.33. The average Bonchev–Trinajstić information content (AvgIpc) is 3.04. The van der Waals surface area contributed by atoms with Crippen LogP contribution >= 0.6 is 0 Å². The molecular formula is C19H27NO4. The Morgan fingerprint density at radius 2 is 2.04 bits per heavy atom. The molecule has 3 atom stereocenters. The molecule has 2 N–H and O–H groups in total. The van der Waals surface area contributed by atoms with Crippen LogP contribution in [0.3, 0.4) is 0 Å². The number of amides is 1. The molecule has 0 spiro atoms. The smallest absolute Gasteiger partial charge is 0.306 e. The number of ether oxygens (including phenoxy) is 1. The Morgan fingerprint density at radius 3 is 2.67 bits per heavy atom. The lowest BCUT2D eigenvalue weighted by Gasteiger charge is -2.18. The number of aryl methyl sites for hydroxylation is 1. The summed E-state index contributed by atoms with van der Waals surface area (Å²) < 4.78 is 5.95. The van der Waals surface area contributed by atoms with E-state index in [9.17, 15) is 9.59 Å². The minimum atomic E-state index is -0.798. The maximum atomic E-state index is 12.3. The number of aliphatic carboxylic acids is 1. The van der Waals surface area contributed by atoms with Gasteiger partial charge in [0.05, 0.1) is 12.0 Å². The molecule has 0 heterocycles. The highest BCUT2D eigenvalue weighted by Crippen LogP contribution is 2.31. The van der Waals surface area contributed by atoms with Crippen molar-refractivity contribution in [3.63, 3.8) is 0 Å². The van der Waals surface area contributed by atoms with Crippen molar-refractivity contribution in [1.82, 2.24) is 5.32 Å². The van der Waals surface area contributed by atoms with Gasteiger partial charge in [0.1, 0.15) is 5.75 Å². The van der Waals surface area contributed by atoms with E-state index in [0.717, 1.165) is 23.3 Å². The Morgan fingerprint density at radius 1 is 1.33 bits per heavy atom. The maximum absolute atomic E-state index is 12.3. The second-order valence-electron chi connectivity index (χ2n) is 6.71. The largest absolute Gasteiger partial charge is 0.490 e. The third-order valence-corrected chi connectivity index (χ3v) is 4.73. The number of benzene rings is 1. The maximum Gasteiger partial charge on any atom is 0.306 e. The normalized spacial score (nSPS) is 21.3. The van der Waals surface area contributed by atoms with Crippen LogP contribution in [-0.2, 0) is 16.1 Å². The van der Waals surface area contributed by atoms with Crippen LogP contribution in [0.4, 0.5) is 0 Å². The van der Waals surface area contributed by atoms with Crippen LogP contribution in [0, 0.1) is 18.8 Å². The van der Waals surface area contributed by atoms with Gasteiger partial charge in [0.15, 0.2) is 0 Å². The highest BCUT2D eigenvalue weighted by molar-refractivity contribution is 5.80. The molecule has 0 aliphatic heterocycles. The fourth-order valence-corrected chi connectivity index (χ4v) is 2.99. The Labute approximate surface area is 143 Å². The quantitative estimate of drug-likeness (QED) is 0.803. The Hall–Kier alpha value is -2.04. The van der Waals surface area contributed by atoms with E-state index in [1.54, 1.807) is 0 Å². The molecule has 1 unspecified atom stereocenters. The zero-order valence-corrected chi connectivity index (χ0v) is 14.7. The predicted molar refractivity (Wildman–Crippen MR) is 91.9 cm³/mol. The molecule has 0 bridgehead atoms. The zero-order valence-electron chi connectivity index (χ0n) is 14.7. The molecule has 1 aliphatic carbocycles. The number of carbonyl (C=O) groups is 2. The SMILES string of the molecule is CCC(C)Oc1cc(C)ccc1CNC(=O)[C@@H]1CC[C@H](C(=O)O)C1. The van der Waals surface area contributed by atoms with Crippen molar-refractivity contribution in [2.75, 3.05) is 0 Å². The summed E-state index contributed by atoms with van der Waals surface area (Å²) in [4.78, 5) is 23.3. The van der Waals surface area contributed by atoms with Crippen LogP contribution in [0.25, 0.3) is 0 Å². The van der Waals surface area contributed by atoms with E-state index in [-0.39, 0.29) is 23.8 Å². The molecule has 132 valence electrons. The van der Waals surface area contributed by atoms with Gasteiger partial charge in [0.2, 0.25) is 5.91 Å². The first-order valence-corrected chi connectivity index (χ1v) is 8.67. The number of hydrogen-bond acceptors (Lipinski definition) is 3. The average molecular weight is 333 g/mol. The molecule has 1 saturated carbocycles. The van der Waals surface area contributed by atoms with Crippen LogP contribution in [0.5, 0.6) is 5.75 Å². The molecule has 5 heteroatoms. The standard InChI is InChI=1S/C19H27NO4/c1-4-13(3)24-17-9-12(2)5-6-16(17)11-20-18(21)14-7-8-15(10-14)19(22)23/h5-6,9,13-15H,4,7-8,10-11H2,1-3H3,(H,20,21)(H,22,23)/t13?,14-,15+/m1/s1. The van der Waals surface area contributed by atoms with Crippen LogP contribution in [0.15, 0.2) is 18.2 Å². The van der Waals surface area contributed by atoms with Crippen LogP contribution in [0.2, 0.25) is 0 Å². The topological polar surface area (TPSA) is 75.6 Å². The predicted octanol–water partition coefficient (Wildman–Crippen LogP) is 3.29. The molecule has 1 aliphatic rings. The number of rotatable bonds is 7. The second-order valence-corrected chi connectivity index (χ2v) is 6.71. The number of hydrogen-bond donors (Lipinski definition) is 2. The van der Waals surface area contributed by atoms with Crippen molar-refractivity contribution < 1.29 is 19.4 Å². The summed E-state index contributed by atoms with van der Waals surface area (Å²) in [5, 5.41) is 12.0. The van der Waals surface area contributed by atoms with Crippen molar-refractivity contribution in [3.05, 3.63) is 29.3 Å². The van der Waals surface area contributed by atoms with Gasteiger partial charge >= 0.3 is 5.97 Å². The van der Waals surface area contributed by atoms with Gasteiger partial charge in [-0.25, -0.2) is 0 Å². The molecule has 1 aromatic carbocycles. The second kappa shape index (κ2) is 8.18. The summed E-state index contributed by atoms with van der Waals surface area (Å²) in [5.41, 5.74) is 2.06. The zero-order chi connectivity index (χ0) is 17.7. The summed E-state index contributed by atoms with van der Waals surface area (Å²) in [5.74, 6) is -0.638. The number of carbonyl (C=O) groups excluding carboxylic acids is 1. The van der Waals surface area contributed by atoms with Crippen LogP contribution in [0.1, 0.15) is 50.7 Å². The Kier molecular flexibility index (Phi) is 6.23. The first kappa shape index (κ1) is 18.3. The van der Waals surface area contributed by atoms with Crippen molar-refractivity contribution in [3.8, 4) is 5.75 Å². The molecule has 5 nitrogen and oxygen atoms in total. The summed E-state index contributed by atoms with van der Waals surface area (Å²) in [6.07, 6.45) is 2.70. The molecule has 1 fully saturated rings. The Bertz CT molecular complexity index is 599. The molecule has 0 radical (unpaired) electrons. The summed E-state index contributed by atoms with van der Waals surface area (Å²) >= 11 is 0. The first-order chi connectivity index (χ1) is 11.4. The molecular weight excluding hydrogens is 306 g/mol. The van der Waals surface area contributed by atoms with E-state index in [0.29, 0.717) is 25.8 Å². The van der Waals surface area contributed by atoms with E-state index < -0.39 is 5.97 Å². The minimum Gasteiger partial charge on any atom is -0.490 e. The van der Waals surface area contributed by atoms with Crippen LogP contribution in [-0.4, -0.2) is 23.1 Å². The van der Waals surface area contributed by atoms with Gasteiger partial charge in [0, 0.05) is 18.0 Å². The minimum absolute atomic E-state index is 0.0613. The lowest BCUT2D eigenvalue weighted by atomic mass is 10.0. The lowest BCUT2D eigenvalue weighted by Crippen LogP contribution is -2.29. The van der Waals surface area contributed by atoms with Gasteiger partial charge in [-0.2, -0.15) is 0 Å². The van der Waals surface area contributed by atoms with Crippen LogP contribution < -0.4 is 10.1 Å². The number of nitrogens with one attached hydrogen (secondary N) is 1. The van der Waals surface area contributed by atoms with E-state index in [4.69, 9.17) is 9.84 Å². The lowest BCUT2D eigenvalue weighted by molar-refractivity contribution is -0.141. The highest BCUT2D eigenvalue weighted by atomic mass is 16.5. The molecule has 2 rings (SSSR count). The summed E-state index contributed by atoms with van der Waals surface area (Å²) in [7, 11) is 0. The van der Waals surface area contributed by atoms with Crippen molar-refractivity contribution in [1.29, 1.82) is 0 Å². The molecule has 24 heavy (non-hydrogen) atoms. The third kappa shape index (κ3) is 4.73. The van der Waals surface area contributed by atoms with E-state index in [2.05, 4.69) is 12.2 Å². The van der Waals surface area contributed by atoms with Gasteiger partial charge in [-0.05, 0) is 51.2 Å². The van der Waals surface area contributed by atoms with Gasteiger partial charge in [-0.15, -0.1) is 0 Å². The fraction of sp³-hybridized carbons (Fsp3) is 0.579. The first-order valence-electron chi connectivity index (χ1n) is 8.67. The summed E-state index contributed by atoms with van der Waals surface area (Å²) in [6.45, 7) is 6.51. The molecule has 1 amide bonds.